The van der Waals surface area contributed by atoms with Gasteiger partial charge in [-0.3, -0.25) is 4.99 Å². The van der Waals surface area contributed by atoms with E-state index in [0.717, 1.165) is 5.56 Å². The van der Waals surface area contributed by atoms with Crippen LogP contribution in [-0.4, -0.2) is 23.4 Å². The first kappa shape index (κ1) is 16.1. The number of aryl methyl sites for hydroxylation is 1. The fraction of sp³-hybridized carbons (Fsp3) is 0.111. The van der Waals surface area contributed by atoms with E-state index in [1.54, 1.807) is 25.3 Å². The molecule has 0 saturated carbocycles. The molecule has 5 nitrogen and oxygen atoms in total. The van der Waals surface area contributed by atoms with Gasteiger partial charge in [0.15, 0.2) is 5.69 Å². The maximum Gasteiger partial charge on any atom is 0.312 e. The Hall–Kier alpha value is -2.79. The zero-order valence-corrected chi connectivity index (χ0v) is 13.9. The van der Waals surface area contributed by atoms with E-state index in [0.29, 0.717) is 22.0 Å². The zero-order valence-electron chi connectivity index (χ0n) is 13.2. The maximum absolute atomic E-state index is 9.94. The summed E-state index contributed by atoms with van der Waals surface area (Å²) in [6, 6.07) is 12.6. The van der Waals surface area contributed by atoms with Crippen molar-refractivity contribution < 1.29 is 14.3 Å². The number of nitrogens with zero attached hydrogens (tertiary/aromatic N) is 2. The van der Waals surface area contributed by atoms with Crippen LogP contribution >= 0.6 is 11.6 Å². The minimum Gasteiger partial charge on any atom is -0.497 e. The van der Waals surface area contributed by atoms with Crippen molar-refractivity contribution in [2.45, 2.75) is 6.92 Å². The molecule has 1 aromatic heterocycles. The van der Waals surface area contributed by atoms with E-state index in [1.807, 2.05) is 31.2 Å². The largest absolute Gasteiger partial charge is 0.497 e. The van der Waals surface area contributed by atoms with Crippen LogP contribution in [0.1, 0.15) is 11.3 Å². The second kappa shape index (κ2) is 6.76. The van der Waals surface area contributed by atoms with Crippen LogP contribution in [0, 0.1) is 6.92 Å². The summed E-state index contributed by atoms with van der Waals surface area (Å²) in [5.74, 6) is 0.668. The lowest BCUT2D eigenvalue weighted by Crippen LogP contribution is -1.85. The Morgan fingerprint density at radius 1 is 1.25 bits per heavy atom. The monoisotopic (exact) mass is 342 g/mol. The minimum atomic E-state index is -0.295. The SMILES string of the molecule is COc1cccc(-c2nc(C=Nc3cc(Cl)ccc3C)c(O)o2)c1. The summed E-state index contributed by atoms with van der Waals surface area (Å²) < 4.78 is 10.5. The van der Waals surface area contributed by atoms with Crippen LogP contribution in [0.3, 0.4) is 0 Å². The third-order valence-electron chi connectivity index (χ3n) is 3.45. The Labute approximate surface area is 144 Å². The van der Waals surface area contributed by atoms with E-state index in [4.69, 9.17) is 20.8 Å². The predicted octanol–water partition coefficient (Wildman–Crippen LogP) is 4.77. The summed E-state index contributed by atoms with van der Waals surface area (Å²) in [6.07, 6.45) is 1.45. The van der Waals surface area contributed by atoms with Crippen LogP contribution in [-0.2, 0) is 0 Å². The number of halogens is 1. The lowest BCUT2D eigenvalue weighted by molar-refractivity contribution is 0.336. The average molecular weight is 343 g/mol. The van der Waals surface area contributed by atoms with Gasteiger partial charge in [0.2, 0.25) is 5.89 Å². The summed E-state index contributed by atoms with van der Waals surface area (Å²) in [4.78, 5) is 8.59. The van der Waals surface area contributed by atoms with E-state index in [9.17, 15) is 5.11 Å². The summed E-state index contributed by atoms with van der Waals surface area (Å²) >= 11 is 5.97. The molecule has 0 saturated heterocycles. The number of oxazole rings is 1. The van der Waals surface area contributed by atoms with Crippen molar-refractivity contribution in [2.24, 2.45) is 4.99 Å². The molecular formula is C18H15ClN2O3. The van der Waals surface area contributed by atoms with Gasteiger partial charge >= 0.3 is 5.95 Å². The summed E-state index contributed by atoms with van der Waals surface area (Å²) in [6.45, 7) is 1.92. The quantitative estimate of drug-likeness (QED) is 0.693. The molecule has 0 fully saturated rings. The zero-order chi connectivity index (χ0) is 17.1. The molecule has 3 rings (SSSR count). The molecule has 0 amide bonds. The molecule has 1 N–H and O–H groups in total. The van der Waals surface area contributed by atoms with E-state index in [-0.39, 0.29) is 17.5 Å². The molecule has 0 atom stereocenters. The van der Waals surface area contributed by atoms with Gasteiger partial charge in [-0.2, -0.15) is 0 Å². The molecule has 0 bridgehead atoms. The van der Waals surface area contributed by atoms with Gasteiger partial charge < -0.3 is 14.3 Å². The second-order valence-electron chi connectivity index (χ2n) is 5.13. The van der Waals surface area contributed by atoms with Gasteiger partial charge in [-0.25, -0.2) is 4.98 Å². The van der Waals surface area contributed by atoms with Crippen LogP contribution < -0.4 is 4.74 Å². The van der Waals surface area contributed by atoms with E-state index in [2.05, 4.69) is 9.98 Å². The first-order valence-corrected chi connectivity index (χ1v) is 7.59. The van der Waals surface area contributed by atoms with Crippen molar-refractivity contribution in [3.63, 3.8) is 0 Å². The van der Waals surface area contributed by atoms with Gasteiger partial charge in [0.25, 0.3) is 0 Å². The van der Waals surface area contributed by atoms with Crippen molar-refractivity contribution >= 4 is 23.5 Å². The molecule has 0 aliphatic rings. The highest BCUT2D eigenvalue weighted by molar-refractivity contribution is 6.30. The van der Waals surface area contributed by atoms with E-state index >= 15 is 0 Å². The van der Waals surface area contributed by atoms with Gasteiger partial charge in [-0.05, 0) is 42.8 Å². The standard InChI is InChI=1S/C18H15ClN2O3/c1-11-6-7-13(19)9-15(11)20-10-16-18(22)24-17(21-16)12-4-3-5-14(8-12)23-2/h3-10,22H,1-2H3. The van der Waals surface area contributed by atoms with Crippen molar-refractivity contribution in [3.8, 4) is 23.1 Å². The normalized spacial score (nSPS) is 11.1. The molecular weight excluding hydrogens is 328 g/mol. The average Bonchev–Trinajstić information content (AvgIpc) is 2.97. The van der Waals surface area contributed by atoms with Crippen LogP contribution in [0.4, 0.5) is 5.69 Å². The molecule has 0 aliphatic carbocycles. The Kier molecular flexibility index (Phi) is 4.53. The molecule has 0 aliphatic heterocycles. The molecule has 6 heteroatoms. The molecule has 0 spiro atoms. The molecule has 24 heavy (non-hydrogen) atoms. The Morgan fingerprint density at radius 3 is 2.88 bits per heavy atom. The third kappa shape index (κ3) is 3.41. The summed E-state index contributed by atoms with van der Waals surface area (Å²) in [7, 11) is 1.58. The molecule has 0 unspecified atom stereocenters. The molecule has 0 radical (unpaired) electrons. The lowest BCUT2D eigenvalue weighted by Gasteiger charge is -2.00. The Bertz CT molecular complexity index is 903. The topological polar surface area (TPSA) is 67.9 Å². The molecule has 2 aromatic carbocycles. The molecule has 3 aromatic rings. The molecule has 1 heterocycles. The number of benzene rings is 2. The van der Waals surface area contributed by atoms with Gasteiger partial charge in [-0.15, -0.1) is 0 Å². The van der Waals surface area contributed by atoms with Crippen LogP contribution in [0.2, 0.25) is 5.02 Å². The number of aliphatic imine (C=N–C) groups is 1. The number of hydrogen-bond acceptors (Lipinski definition) is 5. The minimum absolute atomic E-state index is 0.243. The maximum atomic E-state index is 9.94. The summed E-state index contributed by atoms with van der Waals surface area (Å²) in [5.41, 5.74) is 2.61. The first-order chi connectivity index (χ1) is 11.6. The number of ether oxygens (including phenoxy) is 1. The third-order valence-corrected chi connectivity index (χ3v) is 3.68. The highest BCUT2D eigenvalue weighted by atomic mass is 35.5. The first-order valence-electron chi connectivity index (χ1n) is 7.21. The number of methoxy groups -OCH3 is 1. The highest BCUT2D eigenvalue weighted by Crippen LogP contribution is 2.29. The van der Waals surface area contributed by atoms with Crippen molar-refractivity contribution in [1.29, 1.82) is 0 Å². The van der Waals surface area contributed by atoms with E-state index in [1.165, 1.54) is 6.21 Å². The summed E-state index contributed by atoms with van der Waals surface area (Å²) in [5, 5.41) is 10.5. The fourth-order valence-corrected chi connectivity index (χ4v) is 2.31. The number of aromatic hydroxyl groups is 1. The van der Waals surface area contributed by atoms with Crippen LogP contribution in [0.5, 0.6) is 11.7 Å². The number of aromatic nitrogens is 1. The predicted molar refractivity (Wildman–Crippen MR) is 93.6 cm³/mol. The van der Waals surface area contributed by atoms with Crippen LogP contribution in [0.25, 0.3) is 11.5 Å². The second-order valence-corrected chi connectivity index (χ2v) is 5.57. The van der Waals surface area contributed by atoms with Gasteiger partial charge in [0.1, 0.15) is 5.75 Å². The highest BCUT2D eigenvalue weighted by Gasteiger charge is 2.13. The lowest BCUT2D eigenvalue weighted by atomic mass is 10.2. The smallest absolute Gasteiger partial charge is 0.312 e. The van der Waals surface area contributed by atoms with Gasteiger partial charge in [0.05, 0.1) is 19.0 Å². The van der Waals surface area contributed by atoms with Crippen molar-refractivity contribution in [1.82, 2.24) is 4.98 Å². The Morgan fingerprint density at radius 2 is 2.08 bits per heavy atom. The Balaban J connectivity index is 1.91. The van der Waals surface area contributed by atoms with Crippen molar-refractivity contribution in [3.05, 3.63) is 58.7 Å². The van der Waals surface area contributed by atoms with E-state index < -0.39 is 0 Å². The fourth-order valence-electron chi connectivity index (χ4n) is 2.14. The molecule has 122 valence electrons. The number of rotatable bonds is 4. The van der Waals surface area contributed by atoms with Crippen molar-refractivity contribution in [2.75, 3.05) is 7.11 Å². The number of hydrogen-bond donors (Lipinski definition) is 1. The van der Waals surface area contributed by atoms with Crippen LogP contribution in [0.15, 0.2) is 51.9 Å². The van der Waals surface area contributed by atoms with Gasteiger partial charge in [0, 0.05) is 10.6 Å². The van der Waals surface area contributed by atoms with Gasteiger partial charge in [-0.1, -0.05) is 23.7 Å².